The van der Waals surface area contributed by atoms with E-state index in [2.05, 4.69) is 17.6 Å². The van der Waals surface area contributed by atoms with Gasteiger partial charge >= 0.3 is 6.03 Å². The molecule has 0 spiro atoms. The van der Waals surface area contributed by atoms with Crippen molar-refractivity contribution in [2.24, 2.45) is 5.73 Å². The molecule has 8 heavy (non-hydrogen) atoms. The maximum atomic E-state index is 9.91. The molecular formula is C4H8N3O. The van der Waals surface area contributed by atoms with Gasteiger partial charge in [-0.15, -0.1) is 0 Å². The van der Waals surface area contributed by atoms with Crippen LogP contribution in [0.3, 0.4) is 0 Å². The Labute approximate surface area is 47.5 Å². The minimum absolute atomic E-state index is 0.704. The minimum Gasteiger partial charge on any atom is -0.352 e. The summed E-state index contributed by atoms with van der Waals surface area (Å²) in [5.74, 6) is 0. The lowest BCUT2D eigenvalue weighted by atomic mass is 10.5. The van der Waals surface area contributed by atoms with Crippen LogP contribution in [0.5, 0.6) is 0 Å². The highest BCUT2D eigenvalue weighted by molar-refractivity contribution is 5.72. The first-order chi connectivity index (χ1) is 3.66. The molecule has 0 heterocycles. The van der Waals surface area contributed by atoms with Crippen LogP contribution in [0.25, 0.3) is 0 Å². The van der Waals surface area contributed by atoms with Crippen molar-refractivity contribution in [3.63, 3.8) is 0 Å². The van der Waals surface area contributed by atoms with Gasteiger partial charge < -0.3 is 11.1 Å². The van der Waals surface area contributed by atoms with Gasteiger partial charge in [0.2, 0.25) is 0 Å². The van der Waals surface area contributed by atoms with Crippen LogP contribution < -0.4 is 16.8 Å². The summed E-state index contributed by atoms with van der Waals surface area (Å²) >= 11 is 0. The van der Waals surface area contributed by atoms with Gasteiger partial charge in [-0.05, 0) is 0 Å². The molecule has 0 aliphatic rings. The Bertz CT molecular complexity index is 101. The third-order valence-electron chi connectivity index (χ3n) is 0.533. The van der Waals surface area contributed by atoms with E-state index in [1.807, 2.05) is 0 Å². The topological polar surface area (TPSA) is 78.9 Å². The predicted octanol–water partition coefficient (Wildman–Crippen LogP) is -0.550. The van der Waals surface area contributed by atoms with Crippen LogP contribution in [0.15, 0.2) is 12.7 Å². The van der Waals surface area contributed by atoms with Crippen molar-refractivity contribution in [2.75, 3.05) is 0 Å². The van der Waals surface area contributed by atoms with Gasteiger partial charge in [0.05, 0.1) is 0 Å². The molecule has 4 N–H and O–H groups in total. The number of nitrogens with two attached hydrogens (primary N) is 1. The molecule has 1 unspecified atom stereocenters. The molecule has 0 aliphatic heterocycles. The van der Waals surface area contributed by atoms with Gasteiger partial charge in [0, 0.05) is 0 Å². The number of carbonyl (C=O) groups is 1. The van der Waals surface area contributed by atoms with Crippen molar-refractivity contribution in [1.82, 2.24) is 11.1 Å². The second kappa shape index (κ2) is 3.04. The number of rotatable bonds is 2. The summed E-state index contributed by atoms with van der Waals surface area (Å²) in [5, 5.41) is 2.08. The van der Waals surface area contributed by atoms with Gasteiger partial charge in [-0.25, -0.2) is 10.5 Å². The third-order valence-corrected chi connectivity index (χ3v) is 0.533. The van der Waals surface area contributed by atoms with Crippen molar-refractivity contribution in [1.29, 1.82) is 0 Å². The SMILES string of the molecule is C=CC([NH])NC(N)=O. The van der Waals surface area contributed by atoms with Crippen molar-refractivity contribution in [3.8, 4) is 0 Å². The van der Waals surface area contributed by atoms with Gasteiger partial charge in [-0.2, -0.15) is 0 Å². The summed E-state index contributed by atoms with van der Waals surface area (Å²) in [6.07, 6.45) is 0.484. The Kier molecular flexibility index (Phi) is 2.64. The Hall–Kier alpha value is -1.03. The third kappa shape index (κ3) is 3.17. The molecule has 4 heteroatoms. The molecule has 0 rings (SSSR count). The molecular weight excluding hydrogens is 106 g/mol. The maximum Gasteiger partial charge on any atom is 0.313 e. The first-order valence-corrected chi connectivity index (χ1v) is 2.06. The Morgan fingerprint density at radius 2 is 2.50 bits per heavy atom. The first-order valence-electron chi connectivity index (χ1n) is 2.06. The van der Waals surface area contributed by atoms with E-state index < -0.39 is 12.2 Å². The smallest absolute Gasteiger partial charge is 0.313 e. The lowest BCUT2D eigenvalue weighted by molar-refractivity contribution is 0.247. The highest BCUT2D eigenvalue weighted by Gasteiger charge is 1.95. The molecule has 0 aliphatic carbocycles. The van der Waals surface area contributed by atoms with Crippen LogP contribution in [0.1, 0.15) is 0 Å². The Morgan fingerprint density at radius 3 is 2.62 bits per heavy atom. The van der Waals surface area contributed by atoms with E-state index in [9.17, 15) is 4.79 Å². The molecule has 0 fully saturated rings. The van der Waals surface area contributed by atoms with Crippen molar-refractivity contribution in [2.45, 2.75) is 6.17 Å². The van der Waals surface area contributed by atoms with E-state index in [1.54, 1.807) is 0 Å². The molecule has 45 valence electrons. The molecule has 0 saturated carbocycles. The predicted molar refractivity (Wildman–Crippen MR) is 29.8 cm³/mol. The van der Waals surface area contributed by atoms with E-state index in [-0.39, 0.29) is 0 Å². The van der Waals surface area contributed by atoms with E-state index >= 15 is 0 Å². The van der Waals surface area contributed by atoms with E-state index in [1.165, 1.54) is 6.08 Å². The summed E-state index contributed by atoms with van der Waals surface area (Å²) < 4.78 is 0. The zero-order valence-corrected chi connectivity index (χ0v) is 4.35. The summed E-state index contributed by atoms with van der Waals surface area (Å²) in [5.41, 5.74) is 11.5. The Morgan fingerprint density at radius 1 is 2.00 bits per heavy atom. The van der Waals surface area contributed by atoms with Crippen LogP contribution in [-0.4, -0.2) is 12.2 Å². The number of nitrogens with one attached hydrogen (secondary N) is 2. The number of hydrogen-bond acceptors (Lipinski definition) is 1. The standard InChI is InChI=1S/C4H8N3O/c1-2-3(5)7-4(6)8/h2-3,5H,1H2,(H3,6,7,8). The zero-order chi connectivity index (χ0) is 6.57. The van der Waals surface area contributed by atoms with Crippen LogP contribution in [-0.2, 0) is 0 Å². The van der Waals surface area contributed by atoms with Crippen LogP contribution in [0, 0.1) is 0 Å². The van der Waals surface area contributed by atoms with Gasteiger partial charge in [-0.1, -0.05) is 12.7 Å². The van der Waals surface area contributed by atoms with Crippen molar-refractivity contribution in [3.05, 3.63) is 12.7 Å². The highest BCUT2D eigenvalue weighted by Crippen LogP contribution is 1.71. The Balaban J connectivity index is 3.38. The first kappa shape index (κ1) is 6.97. The molecule has 0 aromatic rings. The van der Waals surface area contributed by atoms with Crippen LogP contribution >= 0.6 is 0 Å². The zero-order valence-electron chi connectivity index (χ0n) is 4.35. The number of carbonyl (C=O) groups excluding carboxylic acids is 1. The van der Waals surface area contributed by atoms with Crippen LogP contribution in [0.4, 0.5) is 4.79 Å². The van der Waals surface area contributed by atoms with E-state index in [0.29, 0.717) is 0 Å². The van der Waals surface area contributed by atoms with E-state index in [0.717, 1.165) is 0 Å². The van der Waals surface area contributed by atoms with E-state index in [4.69, 9.17) is 5.73 Å². The number of amides is 2. The van der Waals surface area contributed by atoms with Gasteiger partial charge in [0.1, 0.15) is 6.17 Å². The molecule has 1 atom stereocenters. The molecule has 1 radical (unpaired) electrons. The average molecular weight is 114 g/mol. The number of urea groups is 1. The largest absolute Gasteiger partial charge is 0.352 e. The number of hydrogen-bond donors (Lipinski definition) is 2. The molecule has 2 amide bonds. The number of primary amides is 1. The summed E-state index contributed by atoms with van der Waals surface area (Å²) in [7, 11) is 0. The summed E-state index contributed by atoms with van der Waals surface area (Å²) in [6.45, 7) is 3.26. The van der Waals surface area contributed by atoms with Crippen molar-refractivity contribution < 1.29 is 4.79 Å². The average Bonchev–Trinajstić information content (AvgIpc) is 1.65. The quantitative estimate of drug-likeness (QED) is 0.464. The molecule has 0 aromatic heterocycles. The monoisotopic (exact) mass is 114 g/mol. The fourth-order valence-corrected chi connectivity index (χ4v) is 0.212. The lowest BCUT2D eigenvalue weighted by Crippen LogP contribution is -2.37. The lowest BCUT2D eigenvalue weighted by Gasteiger charge is -2.02. The fraction of sp³-hybridized carbons (Fsp3) is 0.250. The minimum atomic E-state index is -0.785. The molecule has 0 saturated heterocycles. The van der Waals surface area contributed by atoms with Gasteiger partial charge in [-0.3, -0.25) is 0 Å². The normalized spacial score (nSPS) is 12.1. The fourth-order valence-electron chi connectivity index (χ4n) is 0.212. The molecule has 0 aromatic carbocycles. The van der Waals surface area contributed by atoms with Crippen molar-refractivity contribution >= 4 is 6.03 Å². The summed E-state index contributed by atoms with van der Waals surface area (Å²) in [6, 6.07) is -0.704. The van der Waals surface area contributed by atoms with Gasteiger partial charge in [0.25, 0.3) is 0 Å². The second-order valence-electron chi connectivity index (χ2n) is 1.22. The highest BCUT2D eigenvalue weighted by atomic mass is 16.2. The molecule has 0 bridgehead atoms. The van der Waals surface area contributed by atoms with Crippen LogP contribution in [0.2, 0.25) is 0 Å². The second-order valence-corrected chi connectivity index (χ2v) is 1.22. The molecule has 4 nitrogen and oxygen atoms in total. The van der Waals surface area contributed by atoms with Gasteiger partial charge in [0.15, 0.2) is 0 Å². The summed E-state index contributed by atoms with van der Waals surface area (Å²) in [4.78, 5) is 9.91. The maximum absolute atomic E-state index is 9.91.